The van der Waals surface area contributed by atoms with Crippen molar-refractivity contribution in [2.24, 2.45) is 17.8 Å². The zero-order chi connectivity index (χ0) is 23.8. The van der Waals surface area contributed by atoms with Gasteiger partial charge in [-0.3, -0.25) is 0 Å². The third kappa shape index (κ3) is 7.72. The predicted octanol–water partition coefficient (Wildman–Crippen LogP) is 8.39. The molecule has 2 nitrogen and oxygen atoms in total. The van der Waals surface area contributed by atoms with Gasteiger partial charge in [0, 0.05) is 20.9 Å². The third-order valence-electron chi connectivity index (χ3n) is 7.46. The lowest BCUT2D eigenvalue weighted by molar-refractivity contribution is 0.147. The van der Waals surface area contributed by atoms with E-state index in [1.54, 1.807) is 0 Å². The highest BCUT2D eigenvalue weighted by Crippen LogP contribution is 2.41. The first kappa shape index (κ1) is 26.0. The molecule has 0 amide bonds. The summed E-state index contributed by atoms with van der Waals surface area (Å²) in [6, 6.07) is 3.87. The van der Waals surface area contributed by atoms with E-state index in [0.717, 1.165) is 36.8 Å². The van der Waals surface area contributed by atoms with Crippen LogP contribution >= 0.6 is 0 Å². The van der Waals surface area contributed by atoms with Gasteiger partial charge in [0.1, 0.15) is 5.75 Å². The van der Waals surface area contributed by atoms with Crippen molar-refractivity contribution in [1.29, 1.82) is 0 Å². The molecule has 2 aliphatic rings. The largest absolute Gasteiger partial charge is 0.493 e. The predicted molar refractivity (Wildman–Crippen MR) is 122 cm³/mol. The molecule has 8 heteroatoms. The van der Waals surface area contributed by atoms with Crippen LogP contribution in [0.3, 0.4) is 0 Å². The van der Waals surface area contributed by atoms with Crippen LogP contribution < -0.4 is 9.47 Å². The Bertz CT molecular complexity index is 760. The van der Waals surface area contributed by atoms with E-state index in [9.17, 15) is 22.0 Å². The molecule has 0 radical (unpaired) electrons. The number of halogens is 5. The van der Waals surface area contributed by atoms with Crippen molar-refractivity contribution < 1.29 is 31.4 Å². The number of hydrogen-bond donors (Lipinski definition) is 0. The summed E-state index contributed by atoms with van der Waals surface area (Å²) in [6.45, 7) is 2.61. The van der Waals surface area contributed by atoms with E-state index in [4.69, 9.17) is 4.74 Å². The Morgan fingerprint density at radius 3 is 2.09 bits per heavy atom. The Morgan fingerprint density at radius 2 is 1.52 bits per heavy atom. The topological polar surface area (TPSA) is 18.5 Å². The van der Waals surface area contributed by atoms with Crippen molar-refractivity contribution in [3.63, 3.8) is 0 Å². The van der Waals surface area contributed by atoms with E-state index < -0.39 is 38.3 Å². The molecular weight excluding hydrogens is 455 g/mol. The zero-order valence-corrected chi connectivity index (χ0v) is 20.5. The fraction of sp³-hybridized carbons (Fsp3) is 0.680. The first-order valence-electron chi connectivity index (χ1n) is 12.4. The third-order valence-corrected chi connectivity index (χ3v) is 11.0. The number of benzene rings is 1. The maximum atomic E-state index is 14.0. The molecule has 33 heavy (non-hydrogen) atoms. The molecule has 2 fully saturated rings. The molecule has 1 aliphatic carbocycles. The minimum absolute atomic E-state index is 0.0593. The Balaban J connectivity index is 1.41. The molecule has 1 aromatic carbocycles. The molecule has 0 unspecified atom stereocenters. The molecule has 1 heterocycles. The lowest BCUT2D eigenvalue weighted by atomic mass is 9.74. The summed E-state index contributed by atoms with van der Waals surface area (Å²) in [6.07, 6.45) is 8.57. The number of unbranched alkanes of at least 4 members (excludes halogenated alkanes) is 2. The van der Waals surface area contributed by atoms with E-state index in [1.165, 1.54) is 63.1 Å². The Kier molecular flexibility index (Phi) is 10.1. The van der Waals surface area contributed by atoms with Crippen molar-refractivity contribution in [3.8, 4) is 11.5 Å². The van der Waals surface area contributed by atoms with Crippen LogP contribution in [0.25, 0.3) is 0 Å². The fourth-order valence-electron chi connectivity index (χ4n) is 5.52. The Morgan fingerprint density at radius 1 is 0.909 bits per heavy atom. The molecule has 1 saturated carbocycles. The van der Waals surface area contributed by atoms with Gasteiger partial charge in [0.2, 0.25) is 5.75 Å². The van der Waals surface area contributed by atoms with Crippen LogP contribution in [0.5, 0.6) is 11.5 Å². The number of hydrogen-bond acceptors (Lipinski definition) is 2. The van der Waals surface area contributed by atoms with E-state index in [-0.39, 0.29) is 5.75 Å². The molecule has 1 aromatic rings. The van der Waals surface area contributed by atoms with Crippen LogP contribution in [0.4, 0.5) is 22.0 Å². The molecule has 1 aliphatic heterocycles. The van der Waals surface area contributed by atoms with Crippen molar-refractivity contribution in [1.82, 2.24) is 0 Å². The molecule has 0 aromatic heterocycles. The summed E-state index contributed by atoms with van der Waals surface area (Å²) in [7, 11) is -0.485. The Hall–Kier alpha value is -1.57. The molecule has 0 atom stereocenters. The average molecular weight is 491 g/mol. The van der Waals surface area contributed by atoms with Gasteiger partial charge in [-0.15, -0.1) is 0 Å². The van der Waals surface area contributed by atoms with Gasteiger partial charge < -0.3 is 9.47 Å². The highest BCUT2D eigenvalue weighted by molar-refractivity contribution is 6.58. The van der Waals surface area contributed by atoms with Crippen molar-refractivity contribution in [2.75, 3.05) is 6.61 Å². The van der Waals surface area contributed by atoms with Crippen molar-refractivity contribution in [3.05, 3.63) is 35.9 Å². The van der Waals surface area contributed by atoms with E-state index in [0.29, 0.717) is 12.5 Å². The molecule has 1 saturated heterocycles. The van der Waals surface area contributed by atoms with Gasteiger partial charge in [-0.2, -0.15) is 13.2 Å². The molecule has 0 spiro atoms. The highest BCUT2D eigenvalue weighted by atomic mass is 28.3. The van der Waals surface area contributed by atoms with E-state index in [1.807, 2.05) is 0 Å². The summed E-state index contributed by atoms with van der Waals surface area (Å²) < 4.78 is 74.6. The number of rotatable bonds is 10. The van der Waals surface area contributed by atoms with Gasteiger partial charge in [-0.1, -0.05) is 57.2 Å². The van der Waals surface area contributed by atoms with E-state index in [2.05, 4.69) is 11.7 Å². The standard InChI is InChI=1S/C25H35F5O2Si/c1-2-3-4-11-33-12-9-19(10-13-33)18-7-5-17(6-8-18)16-31-20-14-21(26)23(22(27)15-20)32-25(30)24(28)29/h14-15,17-19,33H,2-13,16H2,1H3. The van der Waals surface area contributed by atoms with Crippen LogP contribution in [-0.4, -0.2) is 15.4 Å². The van der Waals surface area contributed by atoms with Crippen molar-refractivity contribution in [2.45, 2.75) is 82.8 Å². The van der Waals surface area contributed by atoms with Crippen LogP contribution in [0.1, 0.15) is 64.7 Å². The van der Waals surface area contributed by atoms with Gasteiger partial charge in [-0.25, -0.2) is 8.78 Å². The maximum Gasteiger partial charge on any atom is 0.344 e. The summed E-state index contributed by atoms with van der Waals surface area (Å²) in [4.78, 5) is 0. The minimum atomic E-state index is -2.79. The molecule has 0 N–H and O–H groups in total. The van der Waals surface area contributed by atoms with Crippen LogP contribution in [-0.2, 0) is 0 Å². The first-order valence-corrected chi connectivity index (χ1v) is 14.8. The van der Waals surface area contributed by atoms with E-state index >= 15 is 0 Å². The fourth-order valence-corrected chi connectivity index (χ4v) is 9.05. The molecular formula is C25H35F5O2Si. The first-order chi connectivity index (χ1) is 15.9. The summed E-state index contributed by atoms with van der Waals surface area (Å²) in [5, 5.41) is 0. The SMILES string of the molecule is CCCCC[SiH]1CCC(C2CCC(COc3cc(F)c(OC(F)=C(F)F)c(F)c3)CC2)CC1. The van der Waals surface area contributed by atoms with Crippen LogP contribution in [0, 0.1) is 29.4 Å². The monoisotopic (exact) mass is 490 g/mol. The highest BCUT2D eigenvalue weighted by Gasteiger charge is 2.31. The smallest absolute Gasteiger partial charge is 0.344 e. The van der Waals surface area contributed by atoms with Gasteiger partial charge in [0.25, 0.3) is 0 Å². The number of ether oxygens (including phenoxy) is 2. The average Bonchev–Trinajstić information content (AvgIpc) is 2.81. The summed E-state index contributed by atoms with van der Waals surface area (Å²) >= 11 is 0. The lowest BCUT2D eigenvalue weighted by Gasteiger charge is -2.37. The molecule has 186 valence electrons. The molecule has 0 bridgehead atoms. The van der Waals surface area contributed by atoms with Gasteiger partial charge in [0.05, 0.1) is 6.61 Å². The van der Waals surface area contributed by atoms with Gasteiger partial charge in [0.15, 0.2) is 11.6 Å². The van der Waals surface area contributed by atoms with Crippen molar-refractivity contribution >= 4 is 8.80 Å². The second kappa shape index (κ2) is 12.8. The normalized spacial score (nSPS) is 25.5. The minimum Gasteiger partial charge on any atom is -0.493 e. The maximum absolute atomic E-state index is 14.0. The van der Waals surface area contributed by atoms with Crippen LogP contribution in [0.15, 0.2) is 24.2 Å². The zero-order valence-electron chi connectivity index (χ0n) is 19.4. The summed E-state index contributed by atoms with van der Waals surface area (Å²) in [5.41, 5.74) is 0. The quantitative estimate of drug-likeness (QED) is 0.142. The van der Waals surface area contributed by atoms with Crippen LogP contribution in [0.2, 0.25) is 18.1 Å². The lowest BCUT2D eigenvalue weighted by Crippen LogP contribution is -2.29. The Labute approximate surface area is 195 Å². The second-order valence-corrected chi connectivity index (χ2v) is 13.2. The van der Waals surface area contributed by atoms with Gasteiger partial charge in [-0.05, 0) is 43.4 Å². The second-order valence-electron chi connectivity index (χ2n) is 9.72. The van der Waals surface area contributed by atoms with Gasteiger partial charge >= 0.3 is 12.1 Å². The molecule has 3 rings (SSSR count). The summed E-state index contributed by atoms with van der Waals surface area (Å²) in [5.74, 6) is -1.88.